The number of aromatic nitrogens is 3. The Morgan fingerprint density at radius 3 is 2.81 bits per heavy atom. The van der Waals surface area contributed by atoms with Crippen LogP contribution in [0.25, 0.3) is 11.3 Å². The van der Waals surface area contributed by atoms with Crippen LogP contribution in [0.5, 0.6) is 11.6 Å². The number of aliphatic carboxylic acids is 1. The maximum Gasteiger partial charge on any atom is 0.306 e. The first-order valence-electron chi connectivity index (χ1n) is 10.5. The van der Waals surface area contributed by atoms with Crippen LogP contribution in [0.1, 0.15) is 42.7 Å². The topological polar surface area (TPSA) is 94.4 Å². The highest BCUT2D eigenvalue weighted by atomic mass is 19.1. The summed E-state index contributed by atoms with van der Waals surface area (Å²) in [7, 11) is 1.47. The van der Waals surface area contributed by atoms with E-state index in [1.165, 1.54) is 19.4 Å². The van der Waals surface area contributed by atoms with Crippen LogP contribution in [-0.4, -0.2) is 33.1 Å². The van der Waals surface area contributed by atoms with Gasteiger partial charge in [0.25, 0.3) is 0 Å². The molecule has 2 aromatic heterocycles. The number of nitrogens with zero attached hydrogens (tertiary/aromatic N) is 3. The molecule has 0 radical (unpaired) electrons. The summed E-state index contributed by atoms with van der Waals surface area (Å²) in [5.74, 6) is -0.754. The molecule has 0 spiro atoms. The van der Waals surface area contributed by atoms with E-state index in [-0.39, 0.29) is 11.7 Å². The molecule has 0 aliphatic carbocycles. The standard InChI is InChI=1S/C24H24FN3O4/c1-14(24(29)30)8-15-6-7-16-4-3-5-21(32-22(16)9-15)20-13-26-19(12-27-20)17-10-23(31-2)28-11-18(17)25/h6-7,9-14,21H,3-5,8H2,1-2H3,(H,29,30). The molecule has 0 amide bonds. The van der Waals surface area contributed by atoms with E-state index in [4.69, 9.17) is 9.47 Å². The number of hydrogen-bond donors (Lipinski definition) is 1. The molecule has 8 heteroatoms. The number of fused-ring (bicyclic) bond motifs is 1. The van der Waals surface area contributed by atoms with E-state index in [1.54, 1.807) is 13.1 Å². The van der Waals surface area contributed by atoms with E-state index in [1.807, 2.05) is 18.2 Å². The summed E-state index contributed by atoms with van der Waals surface area (Å²) >= 11 is 0. The minimum Gasteiger partial charge on any atom is -0.484 e. The molecule has 1 aromatic carbocycles. The molecular weight excluding hydrogens is 413 g/mol. The van der Waals surface area contributed by atoms with Crippen molar-refractivity contribution < 1.29 is 23.8 Å². The number of carboxylic acids is 1. The van der Waals surface area contributed by atoms with Crippen LogP contribution < -0.4 is 9.47 Å². The van der Waals surface area contributed by atoms with Gasteiger partial charge in [0.05, 0.1) is 43.0 Å². The van der Waals surface area contributed by atoms with Gasteiger partial charge < -0.3 is 14.6 Å². The molecule has 3 aromatic rings. The molecule has 3 heterocycles. The third-order valence-corrected chi connectivity index (χ3v) is 5.59. The third-order valence-electron chi connectivity index (χ3n) is 5.59. The first-order chi connectivity index (χ1) is 15.4. The number of carboxylic acid groups (broad SMARTS) is 1. The normalized spacial score (nSPS) is 16.4. The van der Waals surface area contributed by atoms with Crippen molar-refractivity contribution in [3.8, 4) is 22.9 Å². The zero-order valence-corrected chi connectivity index (χ0v) is 17.9. The van der Waals surface area contributed by atoms with E-state index in [2.05, 4.69) is 15.0 Å². The van der Waals surface area contributed by atoms with Gasteiger partial charge in [-0.2, -0.15) is 0 Å². The summed E-state index contributed by atoms with van der Waals surface area (Å²) < 4.78 is 25.5. The Morgan fingerprint density at radius 2 is 2.09 bits per heavy atom. The summed E-state index contributed by atoms with van der Waals surface area (Å²) in [6, 6.07) is 7.38. The summed E-state index contributed by atoms with van der Waals surface area (Å²) in [6.07, 6.45) is 6.92. The predicted octanol–water partition coefficient (Wildman–Crippen LogP) is 4.41. The maximum absolute atomic E-state index is 14.2. The van der Waals surface area contributed by atoms with E-state index >= 15 is 0 Å². The van der Waals surface area contributed by atoms with E-state index in [0.29, 0.717) is 23.7 Å². The van der Waals surface area contributed by atoms with Crippen molar-refractivity contribution in [2.24, 2.45) is 5.92 Å². The van der Waals surface area contributed by atoms with E-state index in [0.717, 1.165) is 42.3 Å². The Balaban J connectivity index is 1.56. The van der Waals surface area contributed by atoms with E-state index in [9.17, 15) is 14.3 Å². The summed E-state index contributed by atoms with van der Waals surface area (Å²) in [6.45, 7) is 1.69. The number of carbonyl (C=O) groups is 1. The quantitative estimate of drug-likeness (QED) is 0.610. The number of rotatable bonds is 6. The highest BCUT2D eigenvalue weighted by Crippen LogP contribution is 2.34. The van der Waals surface area contributed by atoms with Crippen molar-refractivity contribution in [2.75, 3.05) is 7.11 Å². The number of pyridine rings is 1. The summed E-state index contributed by atoms with van der Waals surface area (Å²) in [4.78, 5) is 23.9. The van der Waals surface area contributed by atoms with Gasteiger partial charge in [0, 0.05) is 11.6 Å². The van der Waals surface area contributed by atoms with Crippen molar-refractivity contribution in [1.82, 2.24) is 15.0 Å². The summed E-state index contributed by atoms with van der Waals surface area (Å²) in [5, 5.41) is 9.19. The minimum absolute atomic E-state index is 0.264. The minimum atomic E-state index is -0.822. The number of ether oxygens (including phenoxy) is 2. The lowest BCUT2D eigenvalue weighted by Gasteiger charge is -2.18. The van der Waals surface area contributed by atoms with Crippen LogP contribution in [0.2, 0.25) is 0 Å². The summed E-state index contributed by atoms with van der Waals surface area (Å²) in [5.41, 5.74) is 3.32. The number of methoxy groups -OCH3 is 1. The lowest BCUT2D eigenvalue weighted by atomic mass is 9.98. The van der Waals surface area contributed by atoms with Gasteiger partial charge in [-0.1, -0.05) is 19.1 Å². The zero-order valence-electron chi connectivity index (χ0n) is 17.9. The number of benzene rings is 1. The third kappa shape index (κ3) is 4.69. The maximum atomic E-state index is 14.2. The van der Waals surface area contributed by atoms with Crippen LogP contribution in [0.4, 0.5) is 4.39 Å². The Hall–Kier alpha value is -3.55. The van der Waals surface area contributed by atoms with Crippen molar-refractivity contribution in [1.29, 1.82) is 0 Å². The van der Waals surface area contributed by atoms with Crippen molar-refractivity contribution in [3.05, 3.63) is 65.5 Å². The Bertz CT molecular complexity index is 1120. The second-order valence-corrected chi connectivity index (χ2v) is 7.92. The van der Waals surface area contributed by atoms with Gasteiger partial charge >= 0.3 is 5.97 Å². The van der Waals surface area contributed by atoms with Crippen molar-refractivity contribution >= 4 is 5.97 Å². The van der Waals surface area contributed by atoms with Gasteiger partial charge in [0.15, 0.2) is 5.82 Å². The fourth-order valence-corrected chi connectivity index (χ4v) is 3.75. The largest absolute Gasteiger partial charge is 0.484 e. The van der Waals surface area contributed by atoms with Gasteiger partial charge in [-0.3, -0.25) is 14.8 Å². The first kappa shape index (κ1) is 21.7. The Morgan fingerprint density at radius 1 is 1.25 bits per heavy atom. The van der Waals surface area contributed by atoms with Gasteiger partial charge in [-0.15, -0.1) is 0 Å². The molecule has 4 rings (SSSR count). The monoisotopic (exact) mass is 437 g/mol. The Labute approximate surface area is 185 Å². The molecule has 166 valence electrons. The van der Waals surface area contributed by atoms with Crippen molar-refractivity contribution in [2.45, 2.75) is 38.7 Å². The highest BCUT2D eigenvalue weighted by molar-refractivity contribution is 5.70. The number of halogens is 1. The molecule has 1 aliphatic heterocycles. The van der Waals surface area contributed by atoms with Gasteiger partial charge in [0.1, 0.15) is 11.9 Å². The molecule has 0 bridgehead atoms. The van der Waals surface area contributed by atoms with Gasteiger partial charge in [-0.05, 0) is 42.9 Å². The van der Waals surface area contributed by atoms with Gasteiger partial charge in [-0.25, -0.2) is 9.37 Å². The van der Waals surface area contributed by atoms with E-state index < -0.39 is 17.7 Å². The molecule has 7 nitrogen and oxygen atoms in total. The van der Waals surface area contributed by atoms with Crippen LogP contribution in [0.15, 0.2) is 42.9 Å². The molecule has 1 N–H and O–H groups in total. The SMILES string of the molecule is COc1cc(-c2cnc(C3CCCc4ccc(CC(C)C(=O)O)cc4O3)cn2)c(F)cn1. The second kappa shape index (κ2) is 9.30. The molecule has 2 atom stereocenters. The fraction of sp³-hybridized carbons (Fsp3) is 0.333. The molecule has 0 saturated carbocycles. The number of hydrogen-bond acceptors (Lipinski definition) is 6. The Kier molecular flexibility index (Phi) is 6.30. The molecule has 0 fully saturated rings. The van der Waals surface area contributed by atoms with Crippen LogP contribution in [-0.2, 0) is 17.6 Å². The van der Waals surface area contributed by atoms with Crippen LogP contribution in [0, 0.1) is 11.7 Å². The van der Waals surface area contributed by atoms with Crippen LogP contribution in [0.3, 0.4) is 0 Å². The molecular formula is C24H24FN3O4. The molecule has 32 heavy (non-hydrogen) atoms. The van der Waals surface area contributed by atoms with Crippen molar-refractivity contribution in [3.63, 3.8) is 0 Å². The average molecular weight is 437 g/mol. The van der Waals surface area contributed by atoms with Crippen LogP contribution >= 0.6 is 0 Å². The van der Waals surface area contributed by atoms with Gasteiger partial charge in [0.2, 0.25) is 5.88 Å². The molecule has 1 aliphatic rings. The highest BCUT2D eigenvalue weighted by Gasteiger charge is 2.22. The average Bonchev–Trinajstić information content (AvgIpc) is 3.01. The molecule has 0 saturated heterocycles. The smallest absolute Gasteiger partial charge is 0.306 e. The lowest BCUT2D eigenvalue weighted by molar-refractivity contribution is -0.141. The predicted molar refractivity (Wildman–Crippen MR) is 115 cm³/mol. The molecule has 2 unspecified atom stereocenters. The first-order valence-corrected chi connectivity index (χ1v) is 10.5. The lowest BCUT2D eigenvalue weighted by Crippen LogP contribution is -2.13. The second-order valence-electron chi connectivity index (χ2n) is 7.92. The number of aryl methyl sites for hydroxylation is 1. The zero-order chi connectivity index (χ0) is 22.7. The fourth-order valence-electron chi connectivity index (χ4n) is 3.75.